The molecule has 0 N–H and O–H groups in total. The molecular formula is C18H22FN3O3. The Labute approximate surface area is 146 Å². The summed E-state index contributed by atoms with van der Waals surface area (Å²) in [6.45, 7) is 4.40. The Morgan fingerprint density at radius 2 is 2.08 bits per heavy atom. The third-order valence-corrected chi connectivity index (χ3v) is 4.15. The molecule has 1 aromatic heterocycles. The van der Waals surface area contributed by atoms with Crippen LogP contribution in [0.1, 0.15) is 18.5 Å². The molecule has 1 fully saturated rings. The second-order valence-electron chi connectivity index (χ2n) is 6.05. The number of nitrogens with zero attached hydrogens (tertiary/aromatic N) is 3. The molecule has 0 aliphatic carbocycles. The van der Waals surface area contributed by atoms with Gasteiger partial charge in [0.05, 0.1) is 19.8 Å². The van der Waals surface area contributed by atoms with Crippen molar-refractivity contribution in [2.75, 3.05) is 26.3 Å². The van der Waals surface area contributed by atoms with Crippen LogP contribution in [-0.4, -0.2) is 53.1 Å². The summed E-state index contributed by atoms with van der Waals surface area (Å²) in [5.74, 6) is -0.859. The van der Waals surface area contributed by atoms with Crippen LogP contribution in [0.4, 0.5) is 4.39 Å². The summed E-state index contributed by atoms with van der Waals surface area (Å²) < 4.78 is 27.0. The number of esters is 1. The maximum atomic E-state index is 14.3. The van der Waals surface area contributed by atoms with E-state index >= 15 is 0 Å². The van der Waals surface area contributed by atoms with Gasteiger partial charge in [0.15, 0.2) is 0 Å². The minimum atomic E-state index is -0.773. The maximum absolute atomic E-state index is 14.3. The number of ether oxygens (including phenoxy) is 2. The highest BCUT2D eigenvalue weighted by Crippen LogP contribution is 2.26. The van der Waals surface area contributed by atoms with E-state index in [-0.39, 0.29) is 6.10 Å². The van der Waals surface area contributed by atoms with Crippen molar-refractivity contribution in [2.24, 2.45) is 0 Å². The zero-order valence-corrected chi connectivity index (χ0v) is 14.2. The van der Waals surface area contributed by atoms with E-state index < -0.39 is 17.8 Å². The quantitative estimate of drug-likeness (QED) is 0.749. The summed E-state index contributed by atoms with van der Waals surface area (Å²) >= 11 is 0. The van der Waals surface area contributed by atoms with Gasteiger partial charge in [0, 0.05) is 31.0 Å². The predicted molar refractivity (Wildman–Crippen MR) is 89.3 cm³/mol. The fourth-order valence-electron chi connectivity index (χ4n) is 2.98. The molecular weight excluding hydrogens is 325 g/mol. The molecule has 2 heterocycles. The SMILES string of the molecule is C[C@@H](Cn1cccn1)OC(=O)[C@@H](c1ccccc1F)N1CCOCC1. The fraction of sp³-hybridized carbons (Fsp3) is 0.444. The standard InChI is InChI=1S/C18H22FN3O3/c1-14(13-22-8-4-7-20-22)25-18(23)17(21-9-11-24-12-10-21)15-5-2-3-6-16(15)19/h2-8,14,17H,9-13H2,1H3/t14-,17+/m0/s1. The number of aromatic nitrogens is 2. The van der Waals surface area contributed by atoms with E-state index in [1.54, 1.807) is 42.2 Å². The molecule has 0 spiro atoms. The zero-order chi connectivity index (χ0) is 17.6. The highest BCUT2D eigenvalue weighted by Gasteiger charge is 2.33. The second-order valence-corrected chi connectivity index (χ2v) is 6.05. The topological polar surface area (TPSA) is 56.6 Å². The number of halogens is 1. The van der Waals surface area contributed by atoms with Crippen LogP contribution >= 0.6 is 0 Å². The van der Waals surface area contributed by atoms with Gasteiger partial charge in [0.2, 0.25) is 0 Å². The molecule has 7 heteroatoms. The number of hydrogen-bond donors (Lipinski definition) is 0. The second kappa shape index (κ2) is 8.22. The number of carbonyl (C=O) groups is 1. The normalized spacial score (nSPS) is 17.8. The summed E-state index contributed by atoms with van der Waals surface area (Å²) in [4.78, 5) is 14.7. The molecule has 1 saturated heterocycles. The summed E-state index contributed by atoms with van der Waals surface area (Å²) in [5.41, 5.74) is 0.334. The van der Waals surface area contributed by atoms with Gasteiger partial charge in [0.25, 0.3) is 0 Å². The largest absolute Gasteiger partial charge is 0.459 e. The summed E-state index contributed by atoms with van der Waals surface area (Å²) in [5, 5.41) is 4.11. The average Bonchev–Trinajstić information content (AvgIpc) is 3.10. The average molecular weight is 347 g/mol. The van der Waals surface area contributed by atoms with Crippen LogP contribution in [0.2, 0.25) is 0 Å². The Balaban J connectivity index is 1.76. The predicted octanol–water partition coefficient (Wildman–Crippen LogP) is 2.03. The molecule has 0 amide bonds. The lowest BCUT2D eigenvalue weighted by atomic mass is 10.0. The molecule has 0 radical (unpaired) electrons. The molecule has 2 aromatic rings. The van der Waals surface area contributed by atoms with Gasteiger partial charge in [-0.05, 0) is 19.1 Å². The molecule has 0 bridgehead atoms. The minimum Gasteiger partial charge on any atom is -0.459 e. The van der Waals surface area contributed by atoms with Gasteiger partial charge >= 0.3 is 5.97 Å². The first-order valence-corrected chi connectivity index (χ1v) is 8.39. The smallest absolute Gasteiger partial charge is 0.328 e. The van der Waals surface area contributed by atoms with Crippen molar-refractivity contribution >= 4 is 5.97 Å². The molecule has 0 saturated carbocycles. The lowest BCUT2D eigenvalue weighted by molar-refractivity contribution is -0.157. The molecule has 1 aliphatic heterocycles. The van der Waals surface area contributed by atoms with E-state index in [4.69, 9.17) is 9.47 Å². The van der Waals surface area contributed by atoms with Gasteiger partial charge in [-0.25, -0.2) is 9.18 Å². The molecule has 3 rings (SSSR count). The molecule has 0 unspecified atom stereocenters. The van der Waals surface area contributed by atoms with E-state index in [1.165, 1.54) is 6.07 Å². The molecule has 2 atom stereocenters. The summed E-state index contributed by atoms with van der Waals surface area (Å²) in [7, 11) is 0. The Kier molecular flexibility index (Phi) is 5.78. The first-order valence-electron chi connectivity index (χ1n) is 8.39. The van der Waals surface area contributed by atoms with Gasteiger partial charge in [-0.15, -0.1) is 0 Å². The lowest BCUT2D eigenvalue weighted by Crippen LogP contribution is -2.43. The van der Waals surface area contributed by atoms with Crippen molar-refractivity contribution in [3.63, 3.8) is 0 Å². The van der Waals surface area contributed by atoms with Crippen LogP contribution in [0.25, 0.3) is 0 Å². The fourth-order valence-corrected chi connectivity index (χ4v) is 2.98. The van der Waals surface area contributed by atoms with Crippen molar-refractivity contribution in [1.29, 1.82) is 0 Å². The zero-order valence-electron chi connectivity index (χ0n) is 14.2. The van der Waals surface area contributed by atoms with Crippen LogP contribution in [0.5, 0.6) is 0 Å². The first-order chi connectivity index (χ1) is 12.1. The Morgan fingerprint density at radius 1 is 1.32 bits per heavy atom. The molecule has 134 valence electrons. The third-order valence-electron chi connectivity index (χ3n) is 4.15. The summed E-state index contributed by atoms with van der Waals surface area (Å²) in [6.07, 6.45) is 3.10. The van der Waals surface area contributed by atoms with Crippen molar-refractivity contribution in [1.82, 2.24) is 14.7 Å². The lowest BCUT2D eigenvalue weighted by Gasteiger charge is -2.33. The van der Waals surface area contributed by atoms with Crippen LogP contribution in [0.15, 0.2) is 42.7 Å². The molecule has 6 nitrogen and oxygen atoms in total. The summed E-state index contributed by atoms with van der Waals surface area (Å²) in [6, 6.07) is 7.38. The van der Waals surface area contributed by atoms with E-state index in [9.17, 15) is 9.18 Å². The van der Waals surface area contributed by atoms with Gasteiger partial charge in [-0.3, -0.25) is 9.58 Å². The van der Waals surface area contributed by atoms with Crippen molar-refractivity contribution < 1.29 is 18.7 Å². The highest BCUT2D eigenvalue weighted by atomic mass is 19.1. The molecule has 1 aromatic carbocycles. The van der Waals surface area contributed by atoms with Gasteiger partial charge < -0.3 is 9.47 Å². The van der Waals surface area contributed by atoms with Crippen LogP contribution in [0.3, 0.4) is 0 Å². The van der Waals surface area contributed by atoms with Crippen LogP contribution < -0.4 is 0 Å². The van der Waals surface area contributed by atoms with Crippen molar-refractivity contribution in [3.05, 3.63) is 54.1 Å². The monoisotopic (exact) mass is 347 g/mol. The third kappa shape index (κ3) is 4.43. The van der Waals surface area contributed by atoms with Crippen LogP contribution in [-0.2, 0) is 20.8 Å². The van der Waals surface area contributed by atoms with Crippen molar-refractivity contribution in [2.45, 2.75) is 25.6 Å². The van der Waals surface area contributed by atoms with E-state index in [2.05, 4.69) is 5.10 Å². The van der Waals surface area contributed by atoms with E-state index in [0.717, 1.165) is 0 Å². The van der Waals surface area contributed by atoms with E-state index in [1.807, 2.05) is 11.0 Å². The molecule has 25 heavy (non-hydrogen) atoms. The van der Waals surface area contributed by atoms with Crippen LogP contribution in [0, 0.1) is 5.82 Å². The Hall–Kier alpha value is -2.25. The minimum absolute atomic E-state index is 0.334. The number of hydrogen-bond acceptors (Lipinski definition) is 5. The number of rotatable bonds is 6. The maximum Gasteiger partial charge on any atom is 0.328 e. The van der Waals surface area contributed by atoms with E-state index in [0.29, 0.717) is 38.4 Å². The Bertz CT molecular complexity index is 687. The van der Waals surface area contributed by atoms with Gasteiger partial charge in [0.1, 0.15) is 18.0 Å². The number of benzene rings is 1. The number of morpholine rings is 1. The first kappa shape index (κ1) is 17.6. The van der Waals surface area contributed by atoms with Gasteiger partial charge in [-0.1, -0.05) is 18.2 Å². The Morgan fingerprint density at radius 3 is 2.76 bits per heavy atom. The molecule has 1 aliphatic rings. The number of carbonyl (C=O) groups excluding carboxylic acids is 1. The van der Waals surface area contributed by atoms with Gasteiger partial charge in [-0.2, -0.15) is 5.10 Å². The highest BCUT2D eigenvalue weighted by molar-refractivity contribution is 5.78. The van der Waals surface area contributed by atoms with Crippen molar-refractivity contribution in [3.8, 4) is 0 Å².